The number of guanidine groups is 1. The van der Waals surface area contributed by atoms with E-state index < -0.39 is 0 Å². The molecular formula is C21H25IN4. The molecule has 2 aromatic carbocycles. The van der Waals surface area contributed by atoms with Gasteiger partial charge in [0.1, 0.15) is 0 Å². The number of nitrogens with one attached hydrogen (secondary N) is 2. The number of fused-ring (bicyclic) bond motifs is 1. The lowest BCUT2D eigenvalue weighted by atomic mass is 10.1. The van der Waals surface area contributed by atoms with Gasteiger partial charge in [-0.05, 0) is 42.7 Å². The quantitative estimate of drug-likeness (QED) is 0.337. The minimum atomic E-state index is 0. The first kappa shape index (κ1) is 20.2. The highest BCUT2D eigenvalue weighted by Gasteiger charge is 2.03. The number of para-hydroxylation sites is 1. The summed E-state index contributed by atoms with van der Waals surface area (Å²) in [7, 11) is 0. The van der Waals surface area contributed by atoms with E-state index in [2.05, 4.69) is 59.8 Å². The van der Waals surface area contributed by atoms with Gasteiger partial charge in [-0.1, -0.05) is 42.5 Å². The molecule has 0 saturated carbocycles. The Morgan fingerprint density at radius 3 is 2.54 bits per heavy atom. The maximum atomic E-state index is 4.75. The Bertz CT molecular complexity index is 871. The largest absolute Gasteiger partial charge is 0.357 e. The third kappa shape index (κ3) is 5.17. The Kier molecular flexibility index (Phi) is 7.84. The van der Waals surface area contributed by atoms with Crippen molar-refractivity contribution in [2.45, 2.75) is 26.9 Å². The zero-order chi connectivity index (χ0) is 17.5. The molecule has 1 heterocycles. The summed E-state index contributed by atoms with van der Waals surface area (Å²) in [6, 6.07) is 18.6. The predicted molar refractivity (Wildman–Crippen MR) is 120 cm³/mol. The van der Waals surface area contributed by atoms with Gasteiger partial charge in [-0.2, -0.15) is 0 Å². The van der Waals surface area contributed by atoms with Gasteiger partial charge in [0.05, 0.1) is 12.1 Å². The SMILES string of the molecule is CCNC(=NCc1ccnc2ccccc12)NCc1ccccc1C.I. The summed E-state index contributed by atoms with van der Waals surface area (Å²) in [4.78, 5) is 9.16. The number of aliphatic imine (C=N–C) groups is 1. The van der Waals surface area contributed by atoms with E-state index in [4.69, 9.17) is 4.99 Å². The average molecular weight is 460 g/mol. The van der Waals surface area contributed by atoms with Crippen LogP contribution in [0.5, 0.6) is 0 Å². The molecule has 26 heavy (non-hydrogen) atoms. The molecule has 0 aliphatic rings. The van der Waals surface area contributed by atoms with Crippen molar-refractivity contribution in [1.29, 1.82) is 0 Å². The average Bonchev–Trinajstić information content (AvgIpc) is 2.65. The number of hydrogen-bond acceptors (Lipinski definition) is 2. The van der Waals surface area contributed by atoms with Crippen LogP contribution < -0.4 is 10.6 Å². The summed E-state index contributed by atoms with van der Waals surface area (Å²) < 4.78 is 0. The van der Waals surface area contributed by atoms with Crippen LogP contribution in [0.3, 0.4) is 0 Å². The molecule has 0 fully saturated rings. The normalized spacial score (nSPS) is 11.1. The number of nitrogens with zero attached hydrogens (tertiary/aromatic N) is 2. The molecule has 0 aliphatic carbocycles. The second-order valence-electron chi connectivity index (χ2n) is 5.96. The second kappa shape index (κ2) is 10.1. The minimum absolute atomic E-state index is 0. The Labute approximate surface area is 172 Å². The Hall–Kier alpha value is -2.15. The lowest BCUT2D eigenvalue weighted by molar-refractivity contribution is 0.813. The van der Waals surface area contributed by atoms with Gasteiger partial charge in [0, 0.05) is 24.7 Å². The zero-order valence-electron chi connectivity index (χ0n) is 15.2. The van der Waals surface area contributed by atoms with Gasteiger partial charge >= 0.3 is 0 Å². The molecule has 0 unspecified atom stereocenters. The van der Waals surface area contributed by atoms with E-state index in [1.54, 1.807) is 0 Å². The Morgan fingerprint density at radius 2 is 1.73 bits per heavy atom. The topological polar surface area (TPSA) is 49.3 Å². The van der Waals surface area contributed by atoms with Crippen LogP contribution in [-0.4, -0.2) is 17.5 Å². The van der Waals surface area contributed by atoms with Crippen LogP contribution in [0.4, 0.5) is 0 Å². The Morgan fingerprint density at radius 1 is 0.962 bits per heavy atom. The number of hydrogen-bond donors (Lipinski definition) is 2. The molecule has 0 aliphatic heterocycles. The zero-order valence-corrected chi connectivity index (χ0v) is 17.5. The highest BCUT2D eigenvalue weighted by atomic mass is 127. The molecular weight excluding hydrogens is 435 g/mol. The summed E-state index contributed by atoms with van der Waals surface area (Å²) in [5.74, 6) is 0.826. The maximum Gasteiger partial charge on any atom is 0.191 e. The Balaban J connectivity index is 0.00000243. The molecule has 136 valence electrons. The van der Waals surface area contributed by atoms with E-state index in [0.29, 0.717) is 6.54 Å². The number of pyridine rings is 1. The van der Waals surface area contributed by atoms with Crippen molar-refractivity contribution in [2.75, 3.05) is 6.54 Å². The van der Waals surface area contributed by atoms with Crippen LogP contribution >= 0.6 is 24.0 Å². The minimum Gasteiger partial charge on any atom is -0.357 e. The van der Waals surface area contributed by atoms with Crippen molar-refractivity contribution in [3.8, 4) is 0 Å². The standard InChI is InChI=1S/C21H24N4.HI/c1-3-22-21(24-14-17-9-5-4-8-16(17)2)25-15-18-12-13-23-20-11-7-6-10-19(18)20;/h4-13H,3,14-15H2,1-2H3,(H2,22,24,25);1H. The van der Waals surface area contributed by atoms with E-state index in [-0.39, 0.29) is 24.0 Å². The van der Waals surface area contributed by atoms with E-state index in [9.17, 15) is 0 Å². The van der Waals surface area contributed by atoms with Gasteiger partial charge < -0.3 is 10.6 Å². The van der Waals surface area contributed by atoms with Gasteiger partial charge in [0.15, 0.2) is 5.96 Å². The molecule has 0 amide bonds. The molecule has 1 aromatic heterocycles. The van der Waals surface area contributed by atoms with Gasteiger partial charge in [-0.3, -0.25) is 4.98 Å². The lowest BCUT2D eigenvalue weighted by Gasteiger charge is -2.13. The third-order valence-electron chi connectivity index (χ3n) is 4.20. The molecule has 0 atom stereocenters. The van der Waals surface area contributed by atoms with Crippen LogP contribution in [0.25, 0.3) is 10.9 Å². The molecule has 4 nitrogen and oxygen atoms in total. The van der Waals surface area contributed by atoms with Gasteiger partial charge in [-0.25, -0.2) is 4.99 Å². The van der Waals surface area contributed by atoms with Crippen LogP contribution in [0.1, 0.15) is 23.6 Å². The van der Waals surface area contributed by atoms with Crippen molar-refractivity contribution >= 4 is 40.8 Å². The monoisotopic (exact) mass is 460 g/mol. The van der Waals surface area contributed by atoms with E-state index in [1.165, 1.54) is 16.7 Å². The summed E-state index contributed by atoms with van der Waals surface area (Å²) in [5.41, 5.74) is 4.75. The number of rotatable bonds is 5. The van der Waals surface area contributed by atoms with Crippen molar-refractivity contribution in [2.24, 2.45) is 4.99 Å². The molecule has 0 saturated heterocycles. The number of aromatic nitrogens is 1. The summed E-state index contributed by atoms with van der Waals surface area (Å²) in [6.45, 7) is 6.41. The van der Waals surface area contributed by atoms with Crippen molar-refractivity contribution in [1.82, 2.24) is 15.6 Å². The molecule has 2 N–H and O–H groups in total. The lowest BCUT2D eigenvalue weighted by Crippen LogP contribution is -2.36. The fourth-order valence-electron chi connectivity index (χ4n) is 2.79. The maximum absolute atomic E-state index is 4.75. The summed E-state index contributed by atoms with van der Waals surface area (Å²) in [6.07, 6.45) is 1.85. The molecule has 3 aromatic rings. The van der Waals surface area contributed by atoms with E-state index in [1.807, 2.05) is 30.5 Å². The van der Waals surface area contributed by atoms with Crippen LogP contribution in [0, 0.1) is 6.92 Å². The number of aryl methyl sites for hydroxylation is 1. The third-order valence-corrected chi connectivity index (χ3v) is 4.20. The molecule has 5 heteroatoms. The van der Waals surface area contributed by atoms with Crippen molar-refractivity contribution < 1.29 is 0 Å². The fourth-order valence-corrected chi connectivity index (χ4v) is 2.79. The number of halogens is 1. The van der Waals surface area contributed by atoms with E-state index >= 15 is 0 Å². The van der Waals surface area contributed by atoms with Crippen LogP contribution in [-0.2, 0) is 13.1 Å². The van der Waals surface area contributed by atoms with Gasteiger partial charge in [-0.15, -0.1) is 24.0 Å². The molecule has 0 radical (unpaired) electrons. The second-order valence-corrected chi connectivity index (χ2v) is 5.96. The molecule has 0 spiro atoms. The van der Waals surface area contributed by atoms with Crippen LogP contribution in [0.2, 0.25) is 0 Å². The molecule has 3 rings (SSSR count). The van der Waals surface area contributed by atoms with Crippen molar-refractivity contribution in [3.63, 3.8) is 0 Å². The van der Waals surface area contributed by atoms with Crippen LogP contribution in [0.15, 0.2) is 65.8 Å². The highest BCUT2D eigenvalue weighted by Crippen LogP contribution is 2.16. The first-order valence-corrected chi connectivity index (χ1v) is 8.67. The highest BCUT2D eigenvalue weighted by molar-refractivity contribution is 14.0. The molecule has 0 bridgehead atoms. The smallest absolute Gasteiger partial charge is 0.191 e. The fraction of sp³-hybridized carbons (Fsp3) is 0.238. The predicted octanol–water partition coefficient (Wildman–Crippen LogP) is 4.42. The van der Waals surface area contributed by atoms with Crippen molar-refractivity contribution in [3.05, 3.63) is 77.5 Å². The first-order valence-electron chi connectivity index (χ1n) is 8.67. The van der Waals surface area contributed by atoms with E-state index in [0.717, 1.165) is 30.0 Å². The summed E-state index contributed by atoms with van der Waals surface area (Å²) >= 11 is 0. The van der Waals surface area contributed by atoms with Gasteiger partial charge in [0.25, 0.3) is 0 Å². The summed E-state index contributed by atoms with van der Waals surface area (Å²) in [5, 5.41) is 7.89. The van der Waals surface area contributed by atoms with Gasteiger partial charge in [0.2, 0.25) is 0 Å². The number of benzene rings is 2. The first-order chi connectivity index (χ1) is 12.3.